The van der Waals surface area contributed by atoms with Crippen molar-refractivity contribution in [2.24, 2.45) is 0 Å². The third-order valence-corrected chi connectivity index (χ3v) is 3.87. The molecule has 0 bridgehead atoms. The summed E-state index contributed by atoms with van der Waals surface area (Å²) in [4.78, 5) is 14.9. The van der Waals surface area contributed by atoms with Gasteiger partial charge in [0.2, 0.25) is 0 Å². The van der Waals surface area contributed by atoms with Crippen molar-refractivity contribution in [2.45, 2.75) is 6.54 Å². The molecular weight excluding hydrogens is 280 g/mol. The number of nitrogens with one attached hydrogen (secondary N) is 1. The van der Waals surface area contributed by atoms with Gasteiger partial charge in [0.05, 0.1) is 12.8 Å². The van der Waals surface area contributed by atoms with Gasteiger partial charge in [-0.2, -0.15) is 0 Å². The van der Waals surface area contributed by atoms with Crippen LogP contribution in [-0.2, 0) is 11.3 Å². The third kappa shape index (κ3) is 2.45. The molecule has 6 heteroatoms. The van der Waals surface area contributed by atoms with Gasteiger partial charge in [-0.15, -0.1) is 11.3 Å². The van der Waals surface area contributed by atoms with Crippen LogP contribution >= 0.6 is 23.6 Å². The van der Waals surface area contributed by atoms with Gasteiger partial charge in [-0.1, -0.05) is 6.07 Å². The first-order valence-corrected chi connectivity index (χ1v) is 6.93. The Morgan fingerprint density at radius 3 is 3.00 bits per heavy atom. The SMILES string of the molecule is O=C1/C(=C/c2ccco2)NC(=S)N1Cc1cccs1. The summed E-state index contributed by atoms with van der Waals surface area (Å²) in [6.07, 6.45) is 3.22. The number of thiocarbonyl (C=S) groups is 1. The highest BCUT2D eigenvalue weighted by atomic mass is 32.1. The summed E-state index contributed by atoms with van der Waals surface area (Å²) in [5, 5.41) is 5.32. The van der Waals surface area contributed by atoms with E-state index in [1.807, 2.05) is 17.5 Å². The van der Waals surface area contributed by atoms with Crippen LogP contribution in [-0.4, -0.2) is 15.9 Å². The van der Waals surface area contributed by atoms with Crippen LogP contribution in [0.5, 0.6) is 0 Å². The largest absolute Gasteiger partial charge is 0.465 e. The van der Waals surface area contributed by atoms with E-state index in [2.05, 4.69) is 5.32 Å². The topological polar surface area (TPSA) is 45.5 Å². The van der Waals surface area contributed by atoms with E-state index in [0.29, 0.717) is 23.1 Å². The Morgan fingerprint density at radius 1 is 1.42 bits per heavy atom. The van der Waals surface area contributed by atoms with E-state index in [-0.39, 0.29) is 5.91 Å². The second-order valence-corrected chi connectivity index (χ2v) is 5.39. The Balaban J connectivity index is 1.81. The summed E-state index contributed by atoms with van der Waals surface area (Å²) in [5.74, 6) is 0.492. The lowest BCUT2D eigenvalue weighted by molar-refractivity contribution is -0.122. The molecule has 2 aromatic heterocycles. The highest BCUT2D eigenvalue weighted by Crippen LogP contribution is 2.19. The molecule has 0 radical (unpaired) electrons. The predicted octanol–water partition coefficient (Wildman–Crippen LogP) is 2.60. The Bertz CT molecular complexity index is 630. The van der Waals surface area contributed by atoms with Crippen LogP contribution in [0.15, 0.2) is 46.0 Å². The highest BCUT2D eigenvalue weighted by Gasteiger charge is 2.30. The maximum absolute atomic E-state index is 12.2. The van der Waals surface area contributed by atoms with Gasteiger partial charge in [0, 0.05) is 11.0 Å². The molecule has 3 rings (SSSR count). The lowest BCUT2D eigenvalue weighted by Crippen LogP contribution is -2.29. The molecule has 1 aliphatic rings. The van der Waals surface area contributed by atoms with E-state index >= 15 is 0 Å². The smallest absolute Gasteiger partial charge is 0.277 e. The molecule has 1 fully saturated rings. The van der Waals surface area contributed by atoms with Crippen molar-refractivity contribution in [3.8, 4) is 0 Å². The molecule has 0 unspecified atom stereocenters. The molecule has 1 aliphatic heterocycles. The van der Waals surface area contributed by atoms with Crippen molar-refractivity contribution in [1.29, 1.82) is 0 Å². The molecule has 1 saturated heterocycles. The molecule has 0 aromatic carbocycles. The van der Waals surface area contributed by atoms with Crippen LogP contribution in [0.4, 0.5) is 0 Å². The number of furan rings is 1. The number of hydrogen-bond acceptors (Lipinski definition) is 4. The summed E-state index contributed by atoms with van der Waals surface area (Å²) < 4.78 is 5.19. The van der Waals surface area contributed by atoms with Crippen LogP contribution in [0, 0.1) is 0 Å². The minimum Gasteiger partial charge on any atom is -0.465 e. The number of carbonyl (C=O) groups is 1. The van der Waals surface area contributed by atoms with Crippen LogP contribution in [0.3, 0.4) is 0 Å². The number of nitrogens with zero attached hydrogens (tertiary/aromatic N) is 1. The van der Waals surface area contributed by atoms with Crippen molar-refractivity contribution in [2.75, 3.05) is 0 Å². The standard InChI is InChI=1S/C13H10N2O2S2/c16-12-11(7-9-3-1-5-17-9)14-13(18)15(12)8-10-4-2-6-19-10/h1-7H,8H2,(H,14,18)/b11-7-. The lowest BCUT2D eigenvalue weighted by atomic mass is 10.3. The van der Waals surface area contributed by atoms with Crippen molar-refractivity contribution in [3.63, 3.8) is 0 Å². The van der Waals surface area contributed by atoms with E-state index in [4.69, 9.17) is 16.6 Å². The van der Waals surface area contributed by atoms with E-state index in [9.17, 15) is 4.79 Å². The quantitative estimate of drug-likeness (QED) is 0.697. The number of hydrogen-bond donors (Lipinski definition) is 1. The van der Waals surface area contributed by atoms with Crippen LogP contribution in [0.2, 0.25) is 0 Å². The lowest BCUT2D eigenvalue weighted by Gasteiger charge is -2.12. The van der Waals surface area contributed by atoms with Crippen LogP contribution in [0.25, 0.3) is 6.08 Å². The molecule has 96 valence electrons. The molecule has 2 aromatic rings. The fourth-order valence-electron chi connectivity index (χ4n) is 1.79. The monoisotopic (exact) mass is 290 g/mol. The van der Waals surface area contributed by atoms with Crippen LogP contribution in [0.1, 0.15) is 10.6 Å². The number of carbonyl (C=O) groups excluding carboxylic acids is 1. The molecule has 0 saturated carbocycles. The molecule has 1 amide bonds. The van der Waals surface area contributed by atoms with Crippen LogP contribution < -0.4 is 5.32 Å². The van der Waals surface area contributed by atoms with E-state index in [1.165, 1.54) is 0 Å². The molecule has 3 heterocycles. The van der Waals surface area contributed by atoms with Crippen molar-refractivity contribution < 1.29 is 9.21 Å². The molecule has 0 spiro atoms. The van der Waals surface area contributed by atoms with Crippen molar-refractivity contribution in [1.82, 2.24) is 10.2 Å². The first kappa shape index (κ1) is 12.1. The average molecular weight is 290 g/mol. The number of thiophene rings is 1. The van der Waals surface area contributed by atoms with Gasteiger partial charge in [-0.05, 0) is 35.8 Å². The molecule has 0 atom stereocenters. The maximum Gasteiger partial charge on any atom is 0.277 e. The average Bonchev–Trinajstić information content (AvgIpc) is 3.10. The van der Waals surface area contributed by atoms with Gasteiger partial charge in [-0.3, -0.25) is 9.69 Å². The zero-order valence-corrected chi connectivity index (χ0v) is 11.5. The molecule has 1 N–H and O–H groups in total. The Kier molecular flexibility index (Phi) is 3.18. The summed E-state index contributed by atoms with van der Waals surface area (Å²) in [7, 11) is 0. The third-order valence-electron chi connectivity index (χ3n) is 2.69. The van der Waals surface area contributed by atoms with Gasteiger partial charge in [0.25, 0.3) is 5.91 Å². The summed E-state index contributed by atoms with van der Waals surface area (Å²) in [6.45, 7) is 0.498. The van der Waals surface area contributed by atoms with Gasteiger partial charge >= 0.3 is 0 Å². The van der Waals surface area contributed by atoms with Gasteiger partial charge in [0.1, 0.15) is 11.5 Å². The first-order chi connectivity index (χ1) is 9.24. The highest BCUT2D eigenvalue weighted by molar-refractivity contribution is 7.80. The Morgan fingerprint density at radius 2 is 2.32 bits per heavy atom. The minimum absolute atomic E-state index is 0.130. The number of rotatable bonds is 3. The second-order valence-electron chi connectivity index (χ2n) is 3.97. The zero-order chi connectivity index (χ0) is 13.2. The molecule has 0 aliphatic carbocycles. The fourth-order valence-corrected chi connectivity index (χ4v) is 2.74. The normalized spacial score (nSPS) is 17.3. The predicted molar refractivity (Wildman–Crippen MR) is 77.3 cm³/mol. The first-order valence-electron chi connectivity index (χ1n) is 5.64. The van der Waals surface area contributed by atoms with Gasteiger partial charge < -0.3 is 9.73 Å². The number of amides is 1. The molecule has 4 nitrogen and oxygen atoms in total. The molecular formula is C13H10N2O2S2. The van der Waals surface area contributed by atoms with Gasteiger partial charge in [0.15, 0.2) is 5.11 Å². The second kappa shape index (κ2) is 4.99. The Hall–Kier alpha value is -1.92. The molecule has 19 heavy (non-hydrogen) atoms. The zero-order valence-electron chi connectivity index (χ0n) is 9.83. The summed E-state index contributed by atoms with van der Waals surface area (Å²) in [6, 6.07) is 7.49. The fraction of sp³-hybridized carbons (Fsp3) is 0.0769. The summed E-state index contributed by atoms with van der Waals surface area (Å²) in [5.41, 5.74) is 0.441. The maximum atomic E-state index is 12.2. The van der Waals surface area contributed by atoms with Crippen molar-refractivity contribution >= 4 is 40.7 Å². The van der Waals surface area contributed by atoms with E-state index in [0.717, 1.165) is 4.88 Å². The minimum atomic E-state index is -0.130. The van der Waals surface area contributed by atoms with Gasteiger partial charge in [-0.25, -0.2) is 0 Å². The van der Waals surface area contributed by atoms with E-state index in [1.54, 1.807) is 40.7 Å². The van der Waals surface area contributed by atoms with E-state index < -0.39 is 0 Å². The summed E-state index contributed by atoms with van der Waals surface area (Å²) >= 11 is 6.79. The Labute approximate surface area is 119 Å². The van der Waals surface area contributed by atoms with Crippen molar-refractivity contribution in [3.05, 3.63) is 52.2 Å².